The molecule has 0 spiro atoms. The van der Waals surface area contributed by atoms with Gasteiger partial charge in [-0.1, -0.05) is 36.4 Å². The van der Waals surface area contributed by atoms with Crippen LogP contribution in [0.1, 0.15) is 20.8 Å². The van der Waals surface area contributed by atoms with Gasteiger partial charge in [0.05, 0.1) is 5.56 Å². The van der Waals surface area contributed by atoms with E-state index < -0.39 is 11.8 Å². The zero-order chi connectivity index (χ0) is 17.5. The first-order chi connectivity index (χ1) is 12.2. The summed E-state index contributed by atoms with van der Waals surface area (Å²) in [6.45, 7) is 0. The number of pyridine rings is 1. The van der Waals surface area contributed by atoms with Gasteiger partial charge < -0.3 is 4.74 Å². The second-order valence-electron chi connectivity index (χ2n) is 5.03. The highest BCUT2D eigenvalue weighted by Gasteiger charge is 2.14. The van der Waals surface area contributed by atoms with Crippen LogP contribution in [0.2, 0.25) is 0 Å². The molecule has 1 aromatic heterocycles. The summed E-state index contributed by atoms with van der Waals surface area (Å²) in [5.41, 5.74) is 5.20. The summed E-state index contributed by atoms with van der Waals surface area (Å²) in [5.74, 6) is 0.00442. The van der Waals surface area contributed by atoms with Crippen molar-refractivity contribution in [1.29, 1.82) is 0 Å². The fraction of sp³-hybridized carbons (Fsp3) is 0. The summed E-state index contributed by atoms with van der Waals surface area (Å²) >= 11 is 0. The monoisotopic (exact) mass is 333 g/mol. The number of hydrazine groups is 1. The third-order valence-electron chi connectivity index (χ3n) is 3.29. The van der Waals surface area contributed by atoms with Crippen LogP contribution in [0.15, 0.2) is 79.0 Å². The van der Waals surface area contributed by atoms with E-state index in [1.165, 1.54) is 6.20 Å². The number of carbonyl (C=O) groups excluding carboxylic acids is 2. The van der Waals surface area contributed by atoms with E-state index in [-0.39, 0.29) is 5.69 Å². The summed E-state index contributed by atoms with van der Waals surface area (Å²) in [5, 5.41) is 0. The maximum atomic E-state index is 12.4. The lowest BCUT2D eigenvalue weighted by Crippen LogP contribution is -2.42. The molecule has 0 radical (unpaired) electrons. The second kappa shape index (κ2) is 7.74. The molecule has 0 aliphatic rings. The van der Waals surface area contributed by atoms with Gasteiger partial charge in [-0.3, -0.25) is 25.4 Å². The zero-order valence-electron chi connectivity index (χ0n) is 13.2. The number of carbonyl (C=O) groups is 2. The molecule has 1 heterocycles. The van der Waals surface area contributed by atoms with E-state index in [0.717, 1.165) is 0 Å². The van der Waals surface area contributed by atoms with E-state index in [9.17, 15) is 9.59 Å². The van der Waals surface area contributed by atoms with Gasteiger partial charge >= 0.3 is 0 Å². The van der Waals surface area contributed by atoms with Crippen molar-refractivity contribution in [3.05, 3.63) is 90.3 Å². The van der Waals surface area contributed by atoms with Crippen LogP contribution in [0.4, 0.5) is 0 Å². The maximum Gasteiger partial charge on any atom is 0.288 e. The number of nitrogens with one attached hydrogen (secondary N) is 2. The van der Waals surface area contributed by atoms with E-state index in [1.807, 2.05) is 18.2 Å². The Bertz CT molecular complexity index is 867. The number of rotatable bonds is 4. The Morgan fingerprint density at radius 1 is 0.760 bits per heavy atom. The molecule has 0 aliphatic heterocycles. The Kier molecular flexibility index (Phi) is 5.01. The predicted molar refractivity (Wildman–Crippen MR) is 92.1 cm³/mol. The second-order valence-corrected chi connectivity index (χ2v) is 5.03. The van der Waals surface area contributed by atoms with Crippen molar-refractivity contribution in [2.24, 2.45) is 0 Å². The van der Waals surface area contributed by atoms with Crippen LogP contribution >= 0.6 is 0 Å². The van der Waals surface area contributed by atoms with E-state index in [2.05, 4.69) is 15.8 Å². The maximum absolute atomic E-state index is 12.4. The van der Waals surface area contributed by atoms with Crippen LogP contribution in [0.25, 0.3) is 0 Å². The van der Waals surface area contributed by atoms with Gasteiger partial charge in [-0.2, -0.15) is 0 Å². The lowest BCUT2D eigenvalue weighted by atomic mass is 10.2. The summed E-state index contributed by atoms with van der Waals surface area (Å²) in [7, 11) is 0. The van der Waals surface area contributed by atoms with Gasteiger partial charge in [-0.05, 0) is 36.4 Å². The molecule has 0 saturated heterocycles. The molecule has 2 N–H and O–H groups in total. The van der Waals surface area contributed by atoms with Crippen molar-refractivity contribution in [2.75, 3.05) is 0 Å². The van der Waals surface area contributed by atoms with Crippen molar-refractivity contribution >= 4 is 11.8 Å². The highest BCUT2D eigenvalue weighted by Crippen LogP contribution is 2.24. The van der Waals surface area contributed by atoms with Crippen molar-refractivity contribution in [1.82, 2.24) is 15.8 Å². The average Bonchev–Trinajstić information content (AvgIpc) is 2.68. The third-order valence-corrected chi connectivity index (χ3v) is 3.29. The Hall–Kier alpha value is -3.67. The molecule has 0 bridgehead atoms. The van der Waals surface area contributed by atoms with Crippen LogP contribution in [-0.2, 0) is 0 Å². The van der Waals surface area contributed by atoms with Crippen molar-refractivity contribution < 1.29 is 14.3 Å². The van der Waals surface area contributed by atoms with Crippen LogP contribution in [0.3, 0.4) is 0 Å². The van der Waals surface area contributed by atoms with Crippen LogP contribution in [0, 0.1) is 0 Å². The Morgan fingerprint density at radius 2 is 1.44 bits per heavy atom. The highest BCUT2D eigenvalue weighted by molar-refractivity contribution is 5.99. The van der Waals surface area contributed by atoms with Gasteiger partial charge in [0.15, 0.2) is 0 Å². The van der Waals surface area contributed by atoms with E-state index >= 15 is 0 Å². The molecule has 0 atom stereocenters. The van der Waals surface area contributed by atoms with Gasteiger partial charge in [-0.15, -0.1) is 0 Å². The summed E-state index contributed by atoms with van der Waals surface area (Å²) < 4.78 is 5.74. The average molecular weight is 333 g/mol. The Labute approximate surface area is 144 Å². The van der Waals surface area contributed by atoms with Crippen LogP contribution < -0.4 is 15.6 Å². The number of aromatic nitrogens is 1. The predicted octanol–water partition coefficient (Wildman–Crippen LogP) is 2.95. The fourth-order valence-electron chi connectivity index (χ4n) is 2.10. The van der Waals surface area contributed by atoms with Crippen LogP contribution in [-0.4, -0.2) is 16.8 Å². The van der Waals surface area contributed by atoms with Gasteiger partial charge in [0.25, 0.3) is 11.8 Å². The number of ether oxygens (including phenoxy) is 1. The molecule has 3 aromatic rings. The van der Waals surface area contributed by atoms with E-state index in [0.29, 0.717) is 17.1 Å². The molecule has 124 valence electrons. The fourth-order valence-corrected chi connectivity index (χ4v) is 2.10. The molecule has 3 rings (SSSR count). The van der Waals surface area contributed by atoms with Gasteiger partial charge in [0.2, 0.25) is 0 Å². The SMILES string of the molecule is O=C(NNC(=O)c1ccccc1Oc1ccccc1)c1ccccn1. The number of para-hydroxylation sites is 2. The molecule has 2 aromatic carbocycles. The van der Waals surface area contributed by atoms with Crippen molar-refractivity contribution in [2.45, 2.75) is 0 Å². The topological polar surface area (TPSA) is 80.3 Å². The number of hydrogen-bond donors (Lipinski definition) is 2. The first kappa shape index (κ1) is 16.2. The highest BCUT2D eigenvalue weighted by atomic mass is 16.5. The lowest BCUT2D eigenvalue weighted by molar-refractivity contribution is 0.0842. The van der Waals surface area contributed by atoms with Crippen molar-refractivity contribution in [3.63, 3.8) is 0 Å². The molecule has 0 saturated carbocycles. The lowest BCUT2D eigenvalue weighted by Gasteiger charge is -2.11. The quantitative estimate of drug-likeness (QED) is 0.719. The Morgan fingerprint density at radius 3 is 2.20 bits per heavy atom. The first-order valence-electron chi connectivity index (χ1n) is 7.58. The standard InChI is InChI=1S/C19H15N3O3/c23-18(21-22-19(24)16-11-6-7-13-20-16)15-10-4-5-12-17(15)25-14-8-2-1-3-9-14/h1-13H,(H,21,23)(H,22,24). The first-order valence-corrected chi connectivity index (χ1v) is 7.58. The number of nitrogens with zero attached hydrogens (tertiary/aromatic N) is 1. The Balaban J connectivity index is 1.69. The molecule has 25 heavy (non-hydrogen) atoms. The summed E-state index contributed by atoms with van der Waals surface area (Å²) in [6.07, 6.45) is 1.50. The largest absolute Gasteiger partial charge is 0.457 e. The third kappa shape index (κ3) is 4.20. The van der Waals surface area contributed by atoms with Crippen molar-refractivity contribution in [3.8, 4) is 11.5 Å². The molecule has 6 nitrogen and oxygen atoms in total. The van der Waals surface area contributed by atoms with E-state index in [4.69, 9.17) is 4.74 Å². The minimum Gasteiger partial charge on any atom is -0.457 e. The summed E-state index contributed by atoms with van der Waals surface area (Å²) in [6, 6.07) is 20.8. The van der Waals surface area contributed by atoms with E-state index in [1.54, 1.807) is 54.6 Å². The zero-order valence-corrected chi connectivity index (χ0v) is 13.2. The minimum absolute atomic E-state index is 0.205. The number of hydrogen-bond acceptors (Lipinski definition) is 4. The van der Waals surface area contributed by atoms with Gasteiger partial charge in [0, 0.05) is 6.20 Å². The molecule has 6 heteroatoms. The minimum atomic E-state index is -0.504. The van der Waals surface area contributed by atoms with Gasteiger partial charge in [-0.25, -0.2) is 0 Å². The normalized spacial score (nSPS) is 9.92. The van der Waals surface area contributed by atoms with Gasteiger partial charge in [0.1, 0.15) is 17.2 Å². The molecular formula is C19H15N3O3. The molecule has 0 fully saturated rings. The number of amides is 2. The molecule has 0 unspecified atom stereocenters. The number of benzene rings is 2. The molecular weight excluding hydrogens is 318 g/mol. The van der Waals surface area contributed by atoms with Crippen LogP contribution in [0.5, 0.6) is 11.5 Å². The molecule has 2 amide bonds. The smallest absolute Gasteiger partial charge is 0.288 e. The summed E-state index contributed by atoms with van der Waals surface area (Å²) in [4.78, 5) is 28.2. The molecule has 0 aliphatic carbocycles.